The van der Waals surface area contributed by atoms with E-state index in [1.165, 1.54) is 4.31 Å². The van der Waals surface area contributed by atoms with Gasteiger partial charge in [0.1, 0.15) is 6.04 Å². The van der Waals surface area contributed by atoms with Gasteiger partial charge >= 0.3 is 0 Å². The lowest BCUT2D eigenvalue weighted by atomic mass is 10.2. The Morgan fingerprint density at radius 1 is 1.12 bits per heavy atom. The van der Waals surface area contributed by atoms with Gasteiger partial charge in [0.15, 0.2) is 0 Å². The Bertz CT molecular complexity index is 895. The molecule has 0 radical (unpaired) electrons. The van der Waals surface area contributed by atoms with Crippen molar-refractivity contribution in [3.05, 3.63) is 54.1 Å². The van der Waals surface area contributed by atoms with Crippen LogP contribution in [-0.4, -0.2) is 32.7 Å². The van der Waals surface area contributed by atoms with Gasteiger partial charge in [-0.2, -0.15) is 0 Å². The molecule has 2 aromatic carbocycles. The topological polar surface area (TPSA) is 78.5 Å². The fraction of sp³-hybridized carbons (Fsp3) is 0.316. The van der Waals surface area contributed by atoms with Crippen molar-refractivity contribution < 1.29 is 13.2 Å². The lowest BCUT2D eigenvalue weighted by Gasteiger charge is -2.19. The van der Waals surface area contributed by atoms with Crippen molar-refractivity contribution in [1.82, 2.24) is 0 Å². The second-order valence-corrected chi connectivity index (χ2v) is 8.53. The molecule has 0 spiro atoms. The Balaban J connectivity index is 1.62. The number of carbonyl (C=O) groups excluding carboxylic acids is 1. The molecule has 0 bridgehead atoms. The van der Waals surface area contributed by atoms with Gasteiger partial charge in [-0.1, -0.05) is 12.1 Å². The van der Waals surface area contributed by atoms with Crippen molar-refractivity contribution in [3.8, 4) is 0 Å². The van der Waals surface area contributed by atoms with Crippen molar-refractivity contribution in [2.24, 2.45) is 0 Å². The van der Waals surface area contributed by atoms with Crippen LogP contribution in [0.4, 0.5) is 17.1 Å². The zero-order valence-corrected chi connectivity index (χ0v) is 15.7. The Hall–Kier alpha value is -2.54. The summed E-state index contributed by atoms with van der Waals surface area (Å²) in [4.78, 5) is 12.3. The molecular weight excluding hydrogens is 350 g/mol. The van der Waals surface area contributed by atoms with Crippen LogP contribution < -0.4 is 14.9 Å². The van der Waals surface area contributed by atoms with Crippen LogP contribution in [0.2, 0.25) is 0 Å². The van der Waals surface area contributed by atoms with Crippen molar-refractivity contribution >= 4 is 33.0 Å². The van der Waals surface area contributed by atoms with Gasteiger partial charge in [0.05, 0.1) is 11.4 Å². The first-order chi connectivity index (χ1) is 12.3. The first-order valence-electron chi connectivity index (χ1n) is 8.60. The number of hydrogen-bond acceptors (Lipinski definition) is 4. The molecule has 138 valence electrons. The molecule has 1 saturated heterocycles. The zero-order valence-electron chi connectivity index (χ0n) is 14.9. The minimum Gasteiger partial charge on any atom is -0.374 e. The van der Waals surface area contributed by atoms with E-state index >= 15 is 0 Å². The summed E-state index contributed by atoms with van der Waals surface area (Å²) in [6, 6.07) is 14.3. The second kappa shape index (κ2) is 7.37. The monoisotopic (exact) mass is 373 g/mol. The highest BCUT2D eigenvalue weighted by Crippen LogP contribution is 2.25. The third kappa shape index (κ3) is 4.16. The molecule has 1 heterocycles. The Labute approximate surface area is 154 Å². The first kappa shape index (κ1) is 18.3. The number of amides is 1. The SMILES string of the molecule is Cc1cccc(NC(=O)C(C)Nc2ccc(N3CCCS3(=O)=O)cc2)c1. The van der Waals surface area contributed by atoms with Crippen molar-refractivity contribution in [1.29, 1.82) is 0 Å². The molecule has 0 aromatic heterocycles. The number of rotatable bonds is 5. The summed E-state index contributed by atoms with van der Waals surface area (Å²) in [6.45, 7) is 4.27. The Kier molecular flexibility index (Phi) is 5.18. The van der Waals surface area contributed by atoms with Crippen LogP contribution in [0.1, 0.15) is 18.9 Å². The number of sulfonamides is 1. The quantitative estimate of drug-likeness (QED) is 0.845. The van der Waals surface area contributed by atoms with Crippen LogP contribution in [0.5, 0.6) is 0 Å². The molecule has 1 atom stereocenters. The molecule has 6 nitrogen and oxygen atoms in total. The molecule has 3 rings (SSSR count). The largest absolute Gasteiger partial charge is 0.374 e. The van der Waals surface area contributed by atoms with Crippen molar-refractivity contribution in [3.63, 3.8) is 0 Å². The maximum Gasteiger partial charge on any atom is 0.246 e. The number of nitrogens with zero attached hydrogens (tertiary/aromatic N) is 1. The molecule has 2 aromatic rings. The molecule has 2 N–H and O–H groups in total. The molecule has 1 aliphatic rings. The van der Waals surface area contributed by atoms with E-state index in [9.17, 15) is 13.2 Å². The van der Waals surface area contributed by atoms with Gasteiger partial charge in [-0.05, 0) is 62.2 Å². The fourth-order valence-corrected chi connectivity index (χ4v) is 4.51. The minimum atomic E-state index is -3.18. The van der Waals surface area contributed by atoms with Crippen LogP contribution in [0.25, 0.3) is 0 Å². The summed E-state index contributed by atoms with van der Waals surface area (Å²) in [5.41, 5.74) is 3.26. The average molecular weight is 373 g/mol. The van der Waals surface area contributed by atoms with E-state index in [1.807, 2.05) is 31.2 Å². The van der Waals surface area contributed by atoms with Gasteiger partial charge in [0.2, 0.25) is 15.9 Å². The van der Waals surface area contributed by atoms with Crippen LogP contribution in [0.15, 0.2) is 48.5 Å². The molecule has 1 aliphatic heterocycles. The fourth-order valence-electron chi connectivity index (χ4n) is 2.94. The number of anilines is 3. The Morgan fingerprint density at radius 2 is 1.85 bits per heavy atom. The molecular formula is C19H23N3O3S. The smallest absolute Gasteiger partial charge is 0.246 e. The normalized spacial score (nSPS) is 16.9. The lowest BCUT2D eigenvalue weighted by molar-refractivity contribution is -0.116. The summed E-state index contributed by atoms with van der Waals surface area (Å²) in [6.07, 6.45) is 0.651. The number of hydrogen-bond donors (Lipinski definition) is 2. The molecule has 0 saturated carbocycles. The van der Waals surface area contributed by atoms with Crippen molar-refractivity contribution in [2.45, 2.75) is 26.3 Å². The molecule has 26 heavy (non-hydrogen) atoms. The molecule has 1 unspecified atom stereocenters. The first-order valence-corrected chi connectivity index (χ1v) is 10.2. The number of aryl methyl sites for hydroxylation is 1. The average Bonchev–Trinajstić information content (AvgIpc) is 2.95. The van der Waals surface area contributed by atoms with Crippen LogP contribution in [0.3, 0.4) is 0 Å². The van der Waals surface area contributed by atoms with Gasteiger partial charge in [-0.3, -0.25) is 9.10 Å². The lowest BCUT2D eigenvalue weighted by Crippen LogP contribution is -2.31. The van der Waals surface area contributed by atoms with E-state index in [4.69, 9.17) is 0 Å². The van der Waals surface area contributed by atoms with Crippen LogP contribution >= 0.6 is 0 Å². The number of carbonyl (C=O) groups is 1. The van der Waals surface area contributed by atoms with Crippen LogP contribution in [0, 0.1) is 6.92 Å². The maximum atomic E-state index is 12.3. The highest BCUT2D eigenvalue weighted by atomic mass is 32.2. The minimum absolute atomic E-state index is 0.137. The van der Waals surface area contributed by atoms with E-state index in [1.54, 1.807) is 31.2 Å². The summed E-state index contributed by atoms with van der Waals surface area (Å²) < 4.78 is 25.4. The van der Waals surface area contributed by atoms with E-state index in [-0.39, 0.29) is 11.7 Å². The number of nitrogens with one attached hydrogen (secondary N) is 2. The third-order valence-electron chi connectivity index (χ3n) is 4.32. The van der Waals surface area contributed by atoms with Gasteiger partial charge in [0, 0.05) is 17.9 Å². The third-order valence-corrected chi connectivity index (χ3v) is 6.19. The van der Waals surface area contributed by atoms with Crippen LogP contribution in [-0.2, 0) is 14.8 Å². The highest BCUT2D eigenvalue weighted by Gasteiger charge is 2.28. The van der Waals surface area contributed by atoms with E-state index < -0.39 is 16.1 Å². The van der Waals surface area contributed by atoms with Gasteiger partial charge in [-0.25, -0.2) is 8.42 Å². The number of benzene rings is 2. The summed E-state index contributed by atoms with van der Waals surface area (Å²) in [5.74, 6) is 0.0604. The van der Waals surface area contributed by atoms with Gasteiger partial charge in [-0.15, -0.1) is 0 Å². The molecule has 7 heteroatoms. The summed E-state index contributed by atoms with van der Waals surface area (Å²) in [5, 5.41) is 6.02. The standard InChI is InChI=1S/C19H23N3O3S/c1-14-5-3-6-17(13-14)21-19(23)15(2)20-16-7-9-18(10-8-16)22-11-4-12-26(22,24)25/h3,5-10,13,15,20H,4,11-12H2,1-2H3,(H,21,23). The summed E-state index contributed by atoms with van der Waals surface area (Å²) >= 11 is 0. The van der Waals surface area contributed by atoms with Gasteiger partial charge < -0.3 is 10.6 Å². The highest BCUT2D eigenvalue weighted by molar-refractivity contribution is 7.93. The van der Waals surface area contributed by atoms with Gasteiger partial charge in [0.25, 0.3) is 0 Å². The maximum absolute atomic E-state index is 12.3. The van der Waals surface area contributed by atoms with E-state index in [2.05, 4.69) is 10.6 Å². The van der Waals surface area contributed by atoms with E-state index in [0.717, 1.165) is 16.9 Å². The van der Waals surface area contributed by atoms with E-state index in [0.29, 0.717) is 18.7 Å². The Morgan fingerprint density at radius 3 is 2.46 bits per heavy atom. The predicted molar refractivity (Wildman–Crippen MR) is 105 cm³/mol. The zero-order chi connectivity index (χ0) is 18.7. The molecule has 1 fully saturated rings. The molecule has 1 amide bonds. The molecule has 0 aliphatic carbocycles. The predicted octanol–water partition coefficient (Wildman–Crippen LogP) is 2.97. The van der Waals surface area contributed by atoms with Crippen molar-refractivity contribution in [2.75, 3.05) is 27.2 Å². The summed E-state index contributed by atoms with van der Waals surface area (Å²) in [7, 11) is -3.18. The second-order valence-electron chi connectivity index (χ2n) is 6.51.